The fourth-order valence-corrected chi connectivity index (χ4v) is 2.41. The van der Waals surface area contributed by atoms with Gasteiger partial charge in [-0.15, -0.1) is 0 Å². The van der Waals surface area contributed by atoms with Gasteiger partial charge in [0.05, 0.1) is 0 Å². The molecule has 3 rings (SSSR count). The molecule has 0 spiro atoms. The highest BCUT2D eigenvalue weighted by molar-refractivity contribution is 5.48. The van der Waals surface area contributed by atoms with Gasteiger partial charge in [-0.25, -0.2) is 4.98 Å². The van der Waals surface area contributed by atoms with E-state index in [9.17, 15) is 0 Å². The van der Waals surface area contributed by atoms with Gasteiger partial charge in [-0.3, -0.25) is 0 Å². The molecule has 0 radical (unpaired) electrons. The number of piperidine rings is 1. The Morgan fingerprint density at radius 3 is 3.00 bits per heavy atom. The SMILES string of the molecule is N#Cc1cc(NC2C3CNCC32)ccn1. The lowest BCUT2D eigenvalue weighted by atomic mass is 10.3. The summed E-state index contributed by atoms with van der Waals surface area (Å²) in [5.74, 6) is 1.56. The number of hydrogen-bond donors (Lipinski definition) is 2. The van der Waals surface area contributed by atoms with E-state index in [2.05, 4.69) is 15.6 Å². The summed E-state index contributed by atoms with van der Waals surface area (Å²) >= 11 is 0. The van der Waals surface area contributed by atoms with Crippen LogP contribution in [0.25, 0.3) is 0 Å². The summed E-state index contributed by atoms with van der Waals surface area (Å²) in [7, 11) is 0. The second-order valence-electron chi connectivity index (χ2n) is 4.20. The van der Waals surface area contributed by atoms with Gasteiger partial charge in [0, 0.05) is 31.0 Å². The van der Waals surface area contributed by atoms with Crippen molar-refractivity contribution in [1.82, 2.24) is 10.3 Å². The van der Waals surface area contributed by atoms with Crippen LogP contribution < -0.4 is 10.6 Å². The highest BCUT2D eigenvalue weighted by Crippen LogP contribution is 2.43. The van der Waals surface area contributed by atoms with Crippen LogP contribution in [0.3, 0.4) is 0 Å². The topological polar surface area (TPSA) is 60.7 Å². The molecule has 1 aromatic heterocycles. The second kappa shape index (κ2) is 3.21. The van der Waals surface area contributed by atoms with Crippen molar-refractivity contribution in [2.75, 3.05) is 18.4 Å². The Hall–Kier alpha value is -1.60. The molecule has 1 saturated heterocycles. The Bertz CT molecular complexity index is 413. The monoisotopic (exact) mass is 200 g/mol. The van der Waals surface area contributed by atoms with Crippen molar-refractivity contribution in [3.8, 4) is 6.07 Å². The first-order valence-corrected chi connectivity index (χ1v) is 5.22. The van der Waals surface area contributed by atoms with Crippen LogP contribution in [0.2, 0.25) is 0 Å². The average molecular weight is 200 g/mol. The number of nitrogens with one attached hydrogen (secondary N) is 2. The fraction of sp³-hybridized carbons (Fsp3) is 0.455. The maximum atomic E-state index is 8.72. The Labute approximate surface area is 88.3 Å². The number of fused-ring (bicyclic) bond motifs is 1. The highest BCUT2D eigenvalue weighted by atomic mass is 15.1. The van der Waals surface area contributed by atoms with Crippen molar-refractivity contribution in [3.05, 3.63) is 24.0 Å². The van der Waals surface area contributed by atoms with Crippen molar-refractivity contribution >= 4 is 5.69 Å². The molecule has 1 saturated carbocycles. The van der Waals surface area contributed by atoms with Gasteiger partial charge in [0.1, 0.15) is 11.8 Å². The fourth-order valence-electron chi connectivity index (χ4n) is 2.41. The van der Waals surface area contributed by atoms with E-state index in [1.165, 1.54) is 0 Å². The average Bonchev–Trinajstić information content (AvgIpc) is 2.75. The molecule has 0 amide bonds. The first kappa shape index (κ1) is 8.69. The molecule has 76 valence electrons. The highest BCUT2D eigenvalue weighted by Gasteiger charge is 2.52. The molecule has 0 aromatic carbocycles. The molecule has 0 bridgehead atoms. The Balaban J connectivity index is 1.70. The molecule has 2 unspecified atom stereocenters. The molecule has 1 aromatic rings. The third-order valence-electron chi connectivity index (χ3n) is 3.30. The largest absolute Gasteiger partial charge is 0.382 e. The lowest BCUT2D eigenvalue weighted by molar-refractivity contribution is 0.697. The lowest BCUT2D eigenvalue weighted by Gasteiger charge is -2.08. The van der Waals surface area contributed by atoms with E-state index in [-0.39, 0.29) is 0 Å². The van der Waals surface area contributed by atoms with E-state index in [0.717, 1.165) is 30.6 Å². The lowest BCUT2D eigenvalue weighted by Crippen LogP contribution is -2.21. The van der Waals surface area contributed by atoms with Gasteiger partial charge in [-0.05, 0) is 24.0 Å². The minimum Gasteiger partial charge on any atom is -0.382 e. The molecule has 1 aliphatic heterocycles. The van der Waals surface area contributed by atoms with E-state index in [4.69, 9.17) is 5.26 Å². The predicted octanol–water partition coefficient (Wildman–Crippen LogP) is 0.583. The van der Waals surface area contributed by atoms with Gasteiger partial charge in [-0.1, -0.05) is 0 Å². The zero-order valence-corrected chi connectivity index (χ0v) is 8.27. The molecule has 4 nitrogen and oxygen atoms in total. The molecule has 2 fully saturated rings. The number of nitriles is 1. The molecule has 4 heteroatoms. The number of hydrogen-bond acceptors (Lipinski definition) is 4. The van der Waals surface area contributed by atoms with Gasteiger partial charge >= 0.3 is 0 Å². The first-order chi connectivity index (χ1) is 7.38. The number of pyridine rings is 1. The van der Waals surface area contributed by atoms with Crippen LogP contribution in [0.15, 0.2) is 18.3 Å². The van der Waals surface area contributed by atoms with E-state index >= 15 is 0 Å². The standard InChI is InChI=1S/C11H12N4/c12-4-8-3-7(1-2-14-8)15-11-9-5-13-6-10(9)11/h1-3,9-11,13H,5-6H2,(H,14,15). The molecule has 2 aliphatic rings. The molecule has 2 N–H and O–H groups in total. The summed E-state index contributed by atoms with van der Waals surface area (Å²) in [6, 6.07) is 6.37. The van der Waals surface area contributed by atoms with Crippen molar-refractivity contribution in [1.29, 1.82) is 5.26 Å². The minimum absolute atomic E-state index is 0.476. The first-order valence-electron chi connectivity index (χ1n) is 5.22. The van der Waals surface area contributed by atoms with Gasteiger partial charge in [0.15, 0.2) is 0 Å². The van der Waals surface area contributed by atoms with Gasteiger partial charge in [-0.2, -0.15) is 5.26 Å². The van der Waals surface area contributed by atoms with Crippen LogP contribution in [-0.4, -0.2) is 24.1 Å². The van der Waals surface area contributed by atoms with E-state index in [0.29, 0.717) is 11.7 Å². The molecule has 1 aliphatic carbocycles. The smallest absolute Gasteiger partial charge is 0.142 e. The van der Waals surface area contributed by atoms with Crippen molar-refractivity contribution in [2.45, 2.75) is 6.04 Å². The Morgan fingerprint density at radius 2 is 2.27 bits per heavy atom. The number of aromatic nitrogens is 1. The summed E-state index contributed by atoms with van der Waals surface area (Å²) in [5, 5.41) is 15.5. The molecule has 2 heterocycles. The summed E-state index contributed by atoms with van der Waals surface area (Å²) in [6.07, 6.45) is 1.68. The van der Waals surface area contributed by atoms with Gasteiger partial charge in [0.25, 0.3) is 0 Å². The van der Waals surface area contributed by atoms with Crippen molar-refractivity contribution in [3.63, 3.8) is 0 Å². The summed E-state index contributed by atoms with van der Waals surface area (Å²) in [4.78, 5) is 3.94. The minimum atomic E-state index is 0.476. The normalized spacial score (nSPS) is 31.8. The predicted molar refractivity (Wildman–Crippen MR) is 56.2 cm³/mol. The molecular formula is C11H12N4. The van der Waals surface area contributed by atoms with Crippen molar-refractivity contribution in [2.24, 2.45) is 11.8 Å². The zero-order valence-electron chi connectivity index (χ0n) is 8.27. The van der Waals surface area contributed by atoms with Crippen LogP contribution in [0.4, 0.5) is 5.69 Å². The molecular weight excluding hydrogens is 188 g/mol. The van der Waals surface area contributed by atoms with Crippen LogP contribution in [0, 0.1) is 23.2 Å². The third kappa shape index (κ3) is 1.45. The third-order valence-corrected chi connectivity index (χ3v) is 3.30. The van der Waals surface area contributed by atoms with Crippen LogP contribution in [0.5, 0.6) is 0 Å². The Kier molecular flexibility index (Phi) is 1.86. The number of anilines is 1. The van der Waals surface area contributed by atoms with E-state index < -0.39 is 0 Å². The summed E-state index contributed by atoms with van der Waals surface area (Å²) in [5.41, 5.74) is 1.49. The van der Waals surface area contributed by atoms with Crippen LogP contribution in [-0.2, 0) is 0 Å². The van der Waals surface area contributed by atoms with E-state index in [1.807, 2.05) is 18.2 Å². The molecule has 15 heavy (non-hydrogen) atoms. The number of rotatable bonds is 2. The zero-order chi connectivity index (χ0) is 10.3. The second-order valence-corrected chi connectivity index (χ2v) is 4.20. The molecule has 2 atom stereocenters. The van der Waals surface area contributed by atoms with Crippen molar-refractivity contribution < 1.29 is 0 Å². The summed E-state index contributed by atoms with van der Waals surface area (Å²) in [6.45, 7) is 2.25. The summed E-state index contributed by atoms with van der Waals surface area (Å²) < 4.78 is 0. The Morgan fingerprint density at radius 1 is 1.47 bits per heavy atom. The quantitative estimate of drug-likeness (QED) is 0.733. The van der Waals surface area contributed by atoms with Gasteiger partial charge in [0.2, 0.25) is 0 Å². The number of nitrogens with zero attached hydrogens (tertiary/aromatic N) is 2. The van der Waals surface area contributed by atoms with Gasteiger partial charge < -0.3 is 10.6 Å². The van der Waals surface area contributed by atoms with E-state index in [1.54, 1.807) is 6.20 Å². The van der Waals surface area contributed by atoms with Crippen LogP contribution in [0.1, 0.15) is 5.69 Å². The maximum Gasteiger partial charge on any atom is 0.142 e. The van der Waals surface area contributed by atoms with Crippen LogP contribution >= 0.6 is 0 Å². The maximum absolute atomic E-state index is 8.72.